The second kappa shape index (κ2) is 4.06. The molecule has 21 heavy (non-hydrogen) atoms. The Balaban J connectivity index is 1.98. The van der Waals surface area contributed by atoms with E-state index in [1.807, 2.05) is 0 Å². The molecule has 0 saturated heterocycles. The molecule has 110 valence electrons. The summed E-state index contributed by atoms with van der Waals surface area (Å²) in [5.41, 5.74) is 1.18. The van der Waals surface area contributed by atoms with Gasteiger partial charge in [-0.25, -0.2) is 0 Å². The standard InChI is InChI=1S/C19H24N2/c1-4-13-18-15-11-8-12-16(15)19(21-20-18,17(18,2)3)14-9-6-5-7-10-14/h4-7,9-10,13,15-16H,8,11-12H2,1-3H3/b13-4+/t15-,16+,18-,19+/m1/s1. The van der Waals surface area contributed by atoms with Crippen molar-refractivity contribution >= 4 is 0 Å². The van der Waals surface area contributed by atoms with Gasteiger partial charge in [-0.15, -0.1) is 0 Å². The van der Waals surface area contributed by atoms with Crippen molar-refractivity contribution in [3.8, 4) is 0 Å². The fourth-order valence-corrected chi connectivity index (χ4v) is 5.72. The van der Waals surface area contributed by atoms with Crippen LogP contribution in [0.3, 0.4) is 0 Å². The molecule has 0 N–H and O–H groups in total. The van der Waals surface area contributed by atoms with Crippen LogP contribution in [0.4, 0.5) is 0 Å². The van der Waals surface area contributed by atoms with E-state index in [1.54, 1.807) is 0 Å². The molecule has 3 aliphatic rings. The Morgan fingerprint density at radius 1 is 1.05 bits per heavy atom. The number of nitrogens with zero attached hydrogens (tertiary/aromatic N) is 2. The van der Waals surface area contributed by atoms with E-state index in [-0.39, 0.29) is 16.5 Å². The number of rotatable bonds is 2. The fourth-order valence-electron chi connectivity index (χ4n) is 5.72. The summed E-state index contributed by atoms with van der Waals surface area (Å²) >= 11 is 0. The molecule has 2 fully saturated rings. The average molecular weight is 280 g/mol. The third-order valence-electron chi connectivity index (χ3n) is 6.58. The van der Waals surface area contributed by atoms with Gasteiger partial charge in [0.25, 0.3) is 0 Å². The zero-order valence-electron chi connectivity index (χ0n) is 13.2. The quantitative estimate of drug-likeness (QED) is 0.672. The van der Waals surface area contributed by atoms with Gasteiger partial charge in [0.2, 0.25) is 0 Å². The van der Waals surface area contributed by atoms with Crippen molar-refractivity contribution in [1.82, 2.24) is 0 Å². The Kier molecular flexibility index (Phi) is 2.56. The number of hydrogen-bond donors (Lipinski definition) is 0. The second-order valence-electron chi connectivity index (χ2n) is 7.43. The van der Waals surface area contributed by atoms with Gasteiger partial charge in [0.15, 0.2) is 0 Å². The van der Waals surface area contributed by atoms with Crippen molar-refractivity contribution in [2.24, 2.45) is 27.5 Å². The third-order valence-corrected chi connectivity index (χ3v) is 6.58. The maximum atomic E-state index is 4.97. The van der Waals surface area contributed by atoms with Gasteiger partial charge in [-0.2, -0.15) is 10.2 Å². The smallest absolute Gasteiger partial charge is 0.117 e. The topological polar surface area (TPSA) is 24.7 Å². The zero-order chi connectivity index (χ0) is 14.7. The van der Waals surface area contributed by atoms with Crippen LogP contribution in [0.1, 0.15) is 45.6 Å². The first-order valence-electron chi connectivity index (χ1n) is 8.23. The summed E-state index contributed by atoms with van der Waals surface area (Å²) in [5.74, 6) is 1.30. The lowest BCUT2D eigenvalue weighted by Gasteiger charge is -2.40. The number of hydrogen-bond acceptors (Lipinski definition) is 2. The van der Waals surface area contributed by atoms with Gasteiger partial charge in [0, 0.05) is 5.41 Å². The maximum absolute atomic E-state index is 4.97. The summed E-state index contributed by atoms with van der Waals surface area (Å²) in [4.78, 5) is 0. The second-order valence-corrected chi connectivity index (χ2v) is 7.43. The molecule has 2 aliphatic carbocycles. The van der Waals surface area contributed by atoms with Crippen LogP contribution in [0.15, 0.2) is 52.7 Å². The monoisotopic (exact) mass is 280 g/mol. The first-order chi connectivity index (χ1) is 10.1. The van der Waals surface area contributed by atoms with Gasteiger partial charge in [-0.1, -0.05) is 62.8 Å². The maximum Gasteiger partial charge on any atom is 0.117 e. The van der Waals surface area contributed by atoms with Crippen LogP contribution in [-0.2, 0) is 5.54 Å². The molecule has 2 heteroatoms. The number of azo groups is 1. The van der Waals surface area contributed by atoms with Gasteiger partial charge in [0.05, 0.1) is 0 Å². The van der Waals surface area contributed by atoms with E-state index in [2.05, 4.69) is 63.3 Å². The number of fused-ring (bicyclic) bond motifs is 5. The lowest BCUT2D eigenvalue weighted by atomic mass is 9.63. The molecule has 2 bridgehead atoms. The van der Waals surface area contributed by atoms with E-state index in [1.165, 1.54) is 24.8 Å². The van der Waals surface area contributed by atoms with Crippen LogP contribution in [-0.4, -0.2) is 5.54 Å². The molecule has 0 spiro atoms. The first kappa shape index (κ1) is 13.2. The van der Waals surface area contributed by atoms with Crippen molar-refractivity contribution in [3.05, 3.63) is 48.0 Å². The molecule has 1 aromatic carbocycles. The summed E-state index contributed by atoms with van der Waals surface area (Å²) in [5, 5.41) is 9.87. The highest BCUT2D eigenvalue weighted by atomic mass is 15.3. The van der Waals surface area contributed by atoms with Crippen LogP contribution in [0.2, 0.25) is 0 Å². The Morgan fingerprint density at radius 2 is 1.76 bits per heavy atom. The fraction of sp³-hybridized carbons (Fsp3) is 0.579. The molecule has 0 amide bonds. The van der Waals surface area contributed by atoms with E-state index in [0.717, 1.165) is 0 Å². The molecule has 1 aromatic rings. The summed E-state index contributed by atoms with van der Waals surface area (Å²) in [7, 11) is 0. The molecule has 4 rings (SSSR count). The largest absolute Gasteiger partial charge is 0.181 e. The predicted molar refractivity (Wildman–Crippen MR) is 85.1 cm³/mol. The van der Waals surface area contributed by atoms with E-state index in [9.17, 15) is 0 Å². The van der Waals surface area contributed by atoms with Gasteiger partial charge in [0.1, 0.15) is 11.1 Å². The van der Waals surface area contributed by atoms with Crippen LogP contribution in [0.25, 0.3) is 0 Å². The lowest BCUT2D eigenvalue weighted by molar-refractivity contribution is 0.164. The van der Waals surface area contributed by atoms with Crippen LogP contribution >= 0.6 is 0 Å². The Hall–Kier alpha value is -1.44. The number of benzene rings is 1. The highest BCUT2D eigenvalue weighted by Crippen LogP contribution is 2.74. The van der Waals surface area contributed by atoms with E-state index < -0.39 is 0 Å². The van der Waals surface area contributed by atoms with Gasteiger partial charge in [-0.05, 0) is 37.2 Å². The van der Waals surface area contributed by atoms with Crippen molar-refractivity contribution in [2.45, 2.75) is 51.1 Å². The Bertz CT molecular complexity index is 616. The normalized spacial score (nSPS) is 42.8. The van der Waals surface area contributed by atoms with Crippen molar-refractivity contribution in [3.63, 3.8) is 0 Å². The minimum absolute atomic E-state index is 0.0453. The molecule has 0 aromatic heterocycles. The molecule has 2 nitrogen and oxygen atoms in total. The van der Waals surface area contributed by atoms with Crippen LogP contribution in [0, 0.1) is 17.3 Å². The number of allylic oxidation sites excluding steroid dienone is 1. The van der Waals surface area contributed by atoms with Crippen molar-refractivity contribution in [2.75, 3.05) is 0 Å². The van der Waals surface area contributed by atoms with Gasteiger partial charge >= 0.3 is 0 Å². The highest BCUT2D eigenvalue weighted by molar-refractivity contribution is 5.42. The Labute approximate surface area is 127 Å². The van der Waals surface area contributed by atoms with Crippen molar-refractivity contribution < 1.29 is 0 Å². The lowest BCUT2D eigenvalue weighted by Crippen LogP contribution is -2.45. The minimum Gasteiger partial charge on any atom is -0.181 e. The SMILES string of the molecule is C/C=C/[C@@]12N=N[C@@](c3ccccc3)([C@H]3CCC[C@H]31)C2(C)C. The molecule has 0 radical (unpaired) electrons. The molecule has 1 aliphatic heterocycles. The molecule has 2 saturated carbocycles. The summed E-state index contributed by atoms with van der Waals surface area (Å²) in [6, 6.07) is 10.9. The van der Waals surface area contributed by atoms with E-state index >= 15 is 0 Å². The Morgan fingerprint density at radius 3 is 2.48 bits per heavy atom. The average Bonchev–Trinajstić information content (AvgIpc) is 3.09. The molecular weight excluding hydrogens is 256 g/mol. The van der Waals surface area contributed by atoms with Crippen LogP contribution in [0.5, 0.6) is 0 Å². The summed E-state index contributed by atoms with van der Waals surface area (Å²) < 4.78 is 0. The molecule has 4 atom stereocenters. The molecule has 0 unspecified atom stereocenters. The van der Waals surface area contributed by atoms with E-state index in [0.29, 0.717) is 11.8 Å². The molecule has 1 heterocycles. The predicted octanol–water partition coefficient (Wildman–Crippen LogP) is 5.12. The summed E-state index contributed by atoms with van der Waals surface area (Å²) in [6.45, 7) is 6.89. The van der Waals surface area contributed by atoms with Gasteiger partial charge < -0.3 is 0 Å². The highest BCUT2D eigenvalue weighted by Gasteiger charge is 2.76. The van der Waals surface area contributed by atoms with E-state index in [4.69, 9.17) is 10.2 Å². The minimum atomic E-state index is -0.130. The van der Waals surface area contributed by atoms with Crippen LogP contribution < -0.4 is 0 Å². The summed E-state index contributed by atoms with van der Waals surface area (Å²) in [6.07, 6.45) is 8.44. The van der Waals surface area contributed by atoms with Gasteiger partial charge in [-0.3, -0.25) is 0 Å². The first-order valence-corrected chi connectivity index (χ1v) is 8.23. The zero-order valence-corrected chi connectivity index (χ0v) is 13.2. The van der Waals surface area contributed by atoms with Crippen molar-refractivity contribution in [1.29, 1.82) is 0 Å². The molecular formula is C19H24N2. The third kappa shape index (κ3) is 1.26.